The largest absolute Gasteiger partial charge is 0.492 e. The topological polar surface area (TPSA) is 38.5 Å². The van der Waals surface area contributed by atoms with Gasteiger partial charge in [-0.2, -0.15) is 0 Å². The van der Waals surface area contributed by atoms with Gasteiger partial charge in [-0.3, -0.25) is 4.90 Å². The highest BCUT2D eigenvalue weighted by atomic mass is 16.5. The van der Waals surface area contributed by atoms with E-state index in [1.807, 2.05) is 32.2 Å². The van der Waals surface area contributed by atoms with Crippen LogP contribution in [0.1, 0.15) is 17.0 Å². The lowest BCUT2D eigenvalue weighted by Gasteiger charge is -2.15. The molecule has 0 amide bonds. The van der Waals surface area contributed by atoms with E-state index in [0.717, 1.165) is 30.3 Å². The summed E-state index contributed by atoms with van der Waals surface area (Å²) >= 11 is 0. The Labute approximate surface area is 114 Å². The summed E-state index contributed by atoms with van der Waals surface area (Å²) in [6.07, 6.45) is 0. The summed E-state index contributed by atoms with van der Waals surface area (Å²) in [5.74, 6) is 1.76. The molecule has 102 valence electrons. The van der Waals surface area contributed by atoms with E-state index in [-0.39, 0.29) is 0 Å². The molecule has 0 aliphatic carbocycles. The molecule has 1 aromatic heterocycles. The molecule has 4 nitrogen and oxygen atoms in total. The second-order valence-electron chi connectivity index (χ2n) is 4.83. The minimum atomic E-state index is 0.663. The van der Waals surface area contributed by atoms with E-state index in [4.69, 9.17) is 9.26 Å². The first-order valence-corrected chi connectivity index (χ1v) is 6.44. The van der Waals surface area contributed by atoms with Crippen molar-refractivity contribution in [1.29, 1.82) is 0 Å². The smallest absolute Gasteiger partial charge is 0.133 e. The lowest BCUT2D eigenvalue weighted by Crippen LogP contribution is -2.24. The van der Waals surface area contributed by atoms with Crippen LogP contribution in [0.15, 0.2) is 34.9 Å². The third kappa shape index (κ3) is 4.41. The summed E-state index contributed by atoms with van der Waals surface area (Å²) in [5.41, 5.74) is 2.20. The van der Waals surface area contributed by atoms with E-state index < -0.39 is 0 Å². The molecule has 1 heterocycles. The highest BCUT2D eigenvalue weighted by Crippen LogP contribution is 2.11. The molecule has 0 N–H and O–H groups in total. The van der Waals surface area contributed by atoms with Crippen molar-refractivity contribution in [2.45, 2.75) is 20.4 Å². The highest BCUT2D eigenvalue weighted by molar-refractivity contribution is 5.26. The average Bonchev–Trinajstić information content (AvgIpc) is 2.77. The monoisotopic (exact) mass is 260 g/mol. The summed E-state index contributed by atoms with van der Waals surface area (Å²) in [5, 5.41) is 3.97. The number of aromatic nitrogens is 1. The SMILES string of the molecule is Cc1ccc(OCCN(C)Cc2cc(C)on2)cc1. The average molecular weight is 260 g/mol. The molecular formula is C15H20N2O2. The van der Waals surface area contributed by atoms with Crippen molar-refractivity contribution in [3.63, 3.8) is 0 Å². The van der Waals surface area contributed by atoms with Gasteiger partial charge in [0.05, 0.1) is 5.69 Å². The summed E-state index contributed by atoms with van der Waals surface area (Å²) in [7, 11) is 2.04. The van der Waals surface area contributed by atoms with Crippen molar-refractivity contribution in [2.24, 2.45) is 0 Å². The summed E-state index contributed by atoms with van der Waals surface area (Å²) in [4.78, 5) is 2.16. The molecule has 0 atom stereocenters. The zero-order valence-electron chi connectivity index (χ0n) is 11.7. The fraction of sp³-hybridized carbons (Fsp3) is 0.400. The zero-order valence-corrected chi connectivity index (χ0v) is 11.7. The molecule has 2 rings (SSSR count). The Balaban J connectivity index is 1.71. The Morgan fingerprint density at radius 1 is 1.21 bits per heavy atom. The Bertz CT molecular complexity index is 505. The molecule has 0 aliphatic rings. The number of hydrogen-bond acceptors (Lipinski definition) is 4. The molecule has 0 spiro atoms. The Morgan fingerprint density at radius 2 is 1.95 bits per heavy atom. The van der Waals surface area contributed by atoms with E-state index in [9.17, 15) is 0 Å². The Morgan fingerprint density at radius 3 is 2.58 bits per heavy atom. The number of likely N-dealkylation sites (N-methyl/N-ethyl adjacent to an activating group) is 1. The molecule has 19 heavy (non-hydrogen) atoms. The predicted octanol–water partition coefficient (Wildman–Crippen LogP) is 2.80. The minimum absolute atomic E-state index is 0.663. The fourth-order valence-corrected chi connectivity index (χ4v) is 1.80. The lowest BCUT2D eigenvalue weighted by molar-refractivity contribution is 0.228. The van der Waals surface area contributed by atoms with Crippen molar-refractivity contribution in [1.82, 2.24) is 10.1 Å². The van der Waals surface area contributed by atoms with E-state index in [0.29, 0.717) is 6.61 Å². The molecule has 0 saturated carbocycles. The second kappa shape index (κ2) is 6.38. The van der Waals surface area contributed by atoms with E-state index in [1.165, 1.54) is 5.56 Å². The molecule has 1 aromatic carbocycles. The third-order valence-electron chi connectivity index (χ3n) is 2.87. The first-order valence-electron chi connectivity index (χ1n) is 6.44. The van der Waals surface area contributed by atoms with Gasteiger partial charge in [-0.05, 0) is 33.0 Å². The third-order valence-corrected chi connectivity index (χ3v) is 2.87. The number of hydrogen-bond donors (Lipinski definition) is 0. The van der Waals surface area contributed by atoms with Crippen LogP contribution in [0.3, 0.4) is 0 Å². The first kappa shape index (κ1) is 13.6. The molecule has 4 heteroatoms. The van der Waals surface area contributed by atoms with Gasteiger partial charge in [0.2, 0.25) is 0 Å². The maximum Gasteiger partial charge on any atom is 0.133 e. The van der Waals surface area contributed by atoms with Gasteiger partial charge in [0, 0.05) is 19.2 Å². The highest BCUT2D eigenvalue weighted by Gasteiger charge is 2.05. The van der Waals surface area contributed by atoms with Gasteiger partial charge in [0.25, 0.3) is 0 Å². The van der Waals surface area contributed by atoms with E-state index >= 15 is 0 Å². The van der Waals surface area contributed by atoms with Gasteiger partial charge in [-0.25, -0.2) is 0 Å². The van der Waals surface area contributed by atoms with Crippen LogP contribution in [0, 0.1) is 13.8 Å². The Kier molecular flexibility index (Phi) is 4.58. The molecule has 0 unspecified atom stereocenters. The van der Waals surface area contributed by atoms with Crippen LogP contribution in [-0.4, -0.2) is 30.3 Å². The summed E-state index contributed by atoms with van der Waals surface area (Å²) in [6.45, 7) is 6.25. The van der Waals surface area contributed by atoms with Gasteiger partial charge in [0.1, 0.15) is 18.1 Å². The molecule has 2 aromatic rings. The lowest BCUT2D eigenvalue weighted by atomic mass is 10.2. The number of ether oxygens (including phenoxy) is 1. The van der Waals surface area contributed by atoms with Gasteiger partial charge in [-0.15, -0.1) is 0 Å². The maximum absolute atomic E-state index is 5.69. The van der Waals surface area contributed by atoms with Crippen molar-refractivity contribution in [3.8, 4) is 5.75 Å². The second-order valence-corrected chi connectivity index (χ2v) is 4.83. The van der Waals surface area contributed by atoms with Crippen molar-refractivity contribution < 1.29 is 9.26 Å². The van der Waals surface area contributed by atoms with Crippen LogP contribution in [0.5, 0.6) is 5.75 Å². The first-order chi connectivity index (χ1) is 9.13. The molecule has 0 aliphatic heterocycles. The molecular weight excluding hydrogens is 240 g/mol. The van der Waals surface area contributed by atoms with Gasteiger partial charge in [0.15, 0.2) is 0 Å². The molecule has 0 bridgehead atoms. The molecule has 0 radical (unpaired) electrons. The quantitative estimate of drug-likeness (QED) is 0.800. The van der Waals surface area contributed by atoms with Crippen LogP contribution >= 0.6 is 0 Å². The summed E-state index contributed by atoms with van der Waals surface area (Å²) in [6, 6.07) is 10.1. The number of aryl methyl sites for hydroxylation is 2. The zero-order chi connectivity index (χ0) is 13.7. The van der Waals surface area contributed by atoms with E-state index in [2.05, 4.69) is 29.1 Å². The fourth-order valence-electron chi connectivity index (χ4n) is 1.80. The van der Waals surface area contributed by atoms with Crippen LogP contribution in [0.25, 0.3) is 0 Å². The number of nitrogens with zero attached hydrogens (tertiary/aromatic N) is 2. The summed E-state index contributed by atoms with van der Waals surface area (Å²) < 4.78 is 10.7. The van der Waals surface area contributed by atoms with E-state index in [1.54, 1.807) is 0 Å². The van der Waals surface area contributed by atoms with Crippen LogP contribution in [-0.2, 0) is 6.54 Å². The van der Waals surface area contributed by atoms with Crippen molar-refractivity contribution in [2.75, 3.05) is 20.2 Å². The van der Waals surface area contributed by atoms with Crippen LogP contribution in [0.4, 0.5) is 0 Å². The molecule has 0 fully saturated rings. The number of benzene rings is 1. The van der Waals surface area contributed by atoms with Crippen LogP contribution < -0.4 is 4.74 Å². The predicted molar refractivity (Wildman–Crippen MR) is 74.2 cm³/mol. The van der Waals surface area contributed by atoms with Crippen molar-refractivity contribution in [3.05, 3.63) is 47.3 Å². The maximum atomic E-state index is 5.69. The normalized spacial score (nSPS) is 10.9. The van der Waals surface area contributed by atoms with Gasteiger partial charge in [-0.1, -0.05) is 22.9 Å². The molecule has 0 saturated heterocycles. The van der Waals surface area contributed by atoms with Gasteiger partial charge >= 0.3 is 0 Å². The minimum Gasteiger partial charge on any atom is -0.492 e. The van der Waals surface area contributed by atoms with Crippen LogP contribution in [0.2, 0.25) is 0 Å². The number of rotatable bonds is 6. The van der Waals surface area contributed by atoms with Crippen molar-refractivity contribution >= 4 is 0 Å². The Hall–Kier alpha value is -1.81. The standard InChI is InChI=1S/C15H20N2O2/c1-12-4-6-15(7-5-12)18-9-8-17(3)11-14-10-13(2)19-16-14/h4-7,10H,8-9,11H2,1-3H3. The van der Waals surface area contributed by atoms with Gasteiger partial charge < -0.3 is 9.26 Å².